The molecule has 166 valence electrons. The fourth-order valence-corrected chi connectivity index (χ4v) is 5.30. The van der Waals surface area contributed by atoms with Crippen LogP contribution >= 0.6 is 0 Å². The van der Waals surface area contributed by atoms with Crippen LogP contribution in [0.2, 0.25) is 0 Å². The van der Waals surface area contributed by atoms with Gasteiger partial charge >= 0.3 is 6.01 Å². The highest BCUT2D eigenvalue weighted by Gasteiger charge is 2.40. The summed E-state index contributed by atoms with van der Waals surface area (Å²) in [6.07, 6.45) is 0.834. The number of rotatable bonds is 5. The number of ether oxygens (including phenoxy) is 2. The zero-order valence-electron chi connectivity index (χ0n) is 16.5. The van der Waals surface area contributed by atoms with E-state index in [1.807, 2.05) is 0 Å². The molecular formula is C20H17FN4O6S. The summed E-state index contributed by atoms with van der Waals surface area (Å²) in [5.41, 5.74) is 0.573. The Balaban J connectivity index is 1.32. The molecule has 10 nitrogen and oxygen atoms in total. The number of sulfonamides is 1. The number of benzene rings is 2. The van der Waals surface area contributed by atoms with Gasteiger partial charge in [-0.15, -0.1) is 5.10 Å². The lowest BCUT2D eigenvalue weighted by molar-refractivity contribution is -0.119. The van der Waals surface area contributed by atoms with E-state index in [2.05, 4.69) is 15.5 Å². The Labute approximate surface area is 182 Å². The number of anilines is 1. The van der Waals surface area contributed by atoms with Crippen LogP contribution < -0.4 is 14.8 Å². The molecule has 0 aliphatic carbocycles. The number of nitrogens with one attached hydrogen (secondary N) is 1. The van der Waals surface area contributed by atoms with Crippen LogP contribution in [0.5, 0.6) is 11.5 Å². The molecule has 1 atom stereocenters. The first-order valence-corrected chi connectivity index (χ1v) is 11.2. The van der Waals surface area contributed by atoms with Crippen LogP contribution in [0.4, 0.5) is 10.4 Å². The van der Waals surface area contributed by atoms with Crippen molar-refractivity contribution in [3.05, 3.63) is 48.3 Å². The zero-order valence-corrected chi connectivity index (χ0v) is 17.3. The van der Waals surface area contributed by atoms with Gasteiger partial charge in [-0.2, -0.15) is 4.31 Å². The van der Waals surface area contributed by atoms with E-state index in [0.29, 0.717) is 29.9 Å². The number of hydrogen-bond acceptors (Lipinski definition) is 8. The highest BCUT2D eigenvalue weighted by Crippen LogP contribution is 2.36. The Bertz CT molecular complexity index is 1280. The normalized spacial score (nSPS) is 18.1. The molecule has 1 aromatic heterocycles. The van der Waals surface area contributed by atoms with E-state index in [4.69, 9.17) is 13.9 Å². The van der Waals surface area contributed by atoms with Crippen LogP contribution in [0.15, 0.2) is 51.8 Å². The molecule has 3 heterocycles. The van der Waals surface area contributed by atoms with Crippen molar-refractivity contribution >= 4 is 21.9 Å². The lowest BCUT2D eigenvalue weighted by Gasteiger charge is -2.22. The molecule has 1 fully saturated rings. The number of nitrogens with zero attached hydrogens (tertiary/aromatic N) is 3. The second kappa shape index (κ2) is 7.88. The van der Waals surface area contributed by atoms with E-state index in [-0.39, 0.29) is 30.1 Å². The molecule has 1 saturated heterocycles. The van der Waals surface area contributed by atoms with Crippen molar-refractivity contribution in [3.63, 3.8) is 0 Å². The van der Waals surface area contributed by atoms with Crippen LogP contribution in [0.25, 0.3) is 11.5 Å². The summed E-state index contributed by atoms with van der Waals surface area (Å²) in [5, 5.41) is 10.2. The average molecular weight is 460 g/mol. The molecule has 0 spiro atoms. The Morgan fingerprint density at radius 1 is 1.09 bits per heavy atom. The summed E-state index contributed by atoms with van der Waals surface area (Å²) >= 11 is 0. The van der Waals surface area contributed by atoms with Crippen LogP contribution in [0.1, 0.15) is 12.8 Å². The molecule has 0 radical (unpaired) electrons. The largest absolute Gasteiger partial charge is 0.454 e. The van der Waals surface area contributed by atoms with E-state index in [1.165, 1.54) is 12.1 Å². The van der Waals surface area contributed by atoms with Crippen molar-refractivity contribution < 1.29 is 31.5 Å². The van der Waals surface area contributed by atoms with Crippen LogP contribution in [-0.2, 0) is 14.8 Å². The molecule has 3 aromatic rings. The Morgan fingerprint density at radius 2 is 1.88 bits per heavy atom. The zero-order chi connectivity index (χ0) is 22.3. The van der Waals surface area contributed by atoms with Gasteiger partial charge in [0.25, 0.3) is 0 Å². The van der Waals surface area contributed by atoms with E-state index in [1.54, 1.807) is 18.2 Å². The number of fused-ring (bicyclic) bond motifs is 1. The Hall–Kier alpha value is -3.51. The average Bonchev–Trinajstić information content (AvgIpc) is 3.53. The SMILES string of the molecule is O=C(Nc1nnc(-c2ccc3c(c2)OCO3)o1)C1CCCN1S(=O)(=O)c1ccc(F)cc1. The third-order valence-electron chi connectivity index (χ3n) is 5.20. The summed E-state index contributed by atoms with van der Waals surface area (Å²) in [6.45, 7) is 0.298. The van der Waals surface area contributed by atoms with Crippen molar-refractivity contribution in [1.82, 2.24) is 14.5 Å². The number of carbonyl (C=O) groups excluding carboxylic acids is 1. The van der Waals surface area contributed by atoms with Gasteiger partial charge in [0.15, 0.2) is 11.5 Å². The number of carbonyl (C=O) groups is 1. The summed E-state index contributed by atoms with van der Waals surface area (Å²) in [7, 11) is -3.97. The fraction of sp³-hybridized carbons (Fsp3) is 0.250. The monoisotopic (exact) mass is 460 g/mol. The lowest BCUT2D eigenvalue weighted by atomic mass is 10.2. The summed E-state index contributed by atoms with van der Waals surface area (Å²) in [4.78, 5) is 12.7. The first-order chi connectivity index (χ1) is 15.4. The van der Waals surface area contributed by atoms with Crippen molar-refractivity contribution in [1.29, 1.82) is 0 Å². The number of amides is 1. The molecule has 1 N–H and O–H groups in total. The molecule has 12 heteroatoms. The summed E-state index contributed by atoms with van der Waals surface area (Å²) in [5.74, 6) is 0.161. The number of halogens is 1. The minimum Gasteiger partial charge on any atom is -0.454 e. The highest BCUT2D eigenvalue weighted by molar-refractivity contribution is 7.89. The summed E-state index contributed by atoms with van der Waals surface area (Å²) in [6, 6.07) is 8.45. The van der Waals surface area contributed by atoms with Gasteiger partial charge in [0, 0.05) is 12.1 Å². The molecule has 1 unspecified atom stereocenters. The van der Waals surface area contributed by atoms with E-state index in [9.17, 15) is 17.6 Å². The predicted molar refractivity (Wildman–Crippen MR) is 108 cm³/mol. The molecular weight excluding hydrogens is 443 g/mol. The molecule has 1 amide bonds. The molecule has 0 bridgehead atoms. The van der Waals surface area contributed by atoms with Crippen LogP contribution in [0, 0.1) is 5.82 Å². The number of aromatic nitrogens is 2. The van der Waals surface area contributed by atoms with E-state index in [0.717, 1.165) is 16.4 Å². The van der Waals surface area contributed by atoms with Gasteiger partial charge in [0.1, 0.15) is 11.9 Å². The third-order valence-corrected chi connectivity index (χ3v) is 7.12. The lowest BCUT2D eigenvalue weighted by Crippen LogP contribution is -2.43. The molecule has 32 heavy (non-hydrogen) atoms. The molecule has 5 rings (SSSR count). The van der Waals surface area contributed by atoms with Crippen molar-refractivity contribution in [2.75, 3.05) is 18.7 Å². The van der Waals surface area contributed by atoms with Gasteiger partial charge in [-0.1, -0.05) is 5.10 Å². The Kier molecular flexibility index (Phi) is 5.02. The highest BCUT2D eigenvalue weighted by atomic mass is 32.2. The smallest absolute Gasteiger partial charge is 0.322 e. The standard InChI is InChI=1S/C20H17FN4O6S/c21-13-4-6-14(7-5-13)32(27,28)25-9-1-2-15(25)18(26)22-20-24-23-19(31-20)12-3-8-16-17(10-12)30-11-29-16/h3-8,10,15H,1-2,9,11H2,(H,22,24,26). The molecule has 2 aliphatic heterocycles. The Morgan fingerprint density at radius 3 is 2.69 bits per heavy atom. The van der Waals surface area contributed by atoms with Gasteiger partial charge in [-0.05, 0) is 55.3 Å². The first-order valence-electron chi connectivity index (χ1n) is 9.73. The quantitative estimate of drug-likeness (QED) is 0.616. The summed E-state index contributed by atoms with van der Waals surface area (Å²) < 4.78 is 56.3. The van der Waals surface area contributed by atoms with Crippen LogP contribution in [0.3, 0.4) is 0 Å². The third kappa shape index (κ3) is 3.67. The minimum absolute atomic E-state index is 0.0820. The minimum atomic E-state index is -3.97. The van der Waals surface area contributed by atoms with Gasteiger partial charge < -0.3 is 13.9 Å². The maximum Gasteiger partial charge on any atom is 0.322 e. The van der Waals surface area contributed by atoms with E-state index >= 15 is 0 Å². The maximum absolute atomic E-state index is 13.2. The topological polar surface area (TPSA) is 124 Å². The first kappa shape index (κ1) is 20.4. The van der Waals surface area contributed by atoms with Gasteiger partial charge in [0.05, 0.1) is 4.90 Å². The fourth-order valence-electron chi connectivity index (χ4n) is 3.64. The van der Waals surface area contributed by atoms with E-state index < -0.39 is 27.8 Å². The number of hydrogen-bond donors (Lipinski definition) is 1. The molecule has 0 saturated carbocycles. The molecule has 2 aromatic carbocycles. The molecule has 2 aliphatic rings. The van der Waals surface area contributed by atoms with Gasteiger partial charge in [0.2, 0.25) is 28.6 Å². The second-order valence-electron chi connectivity index (χ2n) is 7.20. The predicted octanol–water partition coefficient (Wildman–Crippen LogP) is 2.40. The van der Waals surface area contributed by atoms with Crippen LogP contribution in [-0.4, -0.2) is 48.2 Å². The van der Waals surface area contributed by atoms with Gasteiger partial charge in [-0.25, -0.2) is 12.8 Å². The van der Waals surface area contributed by atoms with Crippen molar-refractivity contribution in [2.24, 2.45) is 0 Å². The maximum atomic E-state index is 13.2. The van der Waals surface area contributed by atoms with Gasteiger partial charge in [-0.3, -0.25) is 10.1 Å². The van der Waals surface area contributed by atoms with Crippen molar-refractivity contribution in [2.45, 2.75) is 23.8 Å². The second-order valence-corrected chi connectivity index (χ2v) is 9.09. The van der Waals surface area contributed by atoms with Crippen molar-refractivity contribution in [3.8, 4) is 23.0 Å².